The Morgan fingerprint density at radius 2 is 2.05 bits per heavy atom. The lowest BCUT2D eigenvalue weighted by atomic mass is 10.1. The molecule has 1 rings (SSSR count). The summed E-state index contributed by atoms with van der Waals surface area (Å²) in [6, 6.07) is 2.05. The average molecular weight is 266 g/mol. The van der Waals surface area contributed by atoms with Crippen LogP contribution in [0.25, 0.3) is 0 Å². The Morgan fingerprint density at radius 1 is 1.32 bits per heavy atom. The summed E-state index contributed by atoms with van der Waals surface area (Å²) in [5.74, 6) is 1.19. The van der Waals surface area contributed by atoms with E-state index in [0.29, 0.717) is 19.1 Å². The van der Waals surface area contributed by atoms with Gasteiger partial charge in [0.1, 0.15) is 0 Å². The van der Waals surface area contributed by atoms with Gasteiger partial charge >= 0.3 is 0 Å². The van der Waals surface area contributed by atoms with E-state index in [1.165, 1.54) is 0 Å². The van der Waals surface area contributed by atoms with E-state index in [1.54, 1.807) is 7.11 Å². The third kappa shape index (κ3) is 5.12. The molecule has 0 saturated carbocycles. The van der Waals surface area contributed by atoms with Crippen LogP contribution in [-0.4, -0.2) is 43.3 Å². The Hall–Kier alpha value is -1.20. The first-order valence-electron chi connectivity index (χ1n) is 6.88. The predicted molar refractivity (Wildman–Crippen MR) is 78.6 cm³/mol. The van der Waals surface area contributed by atoms with Crippen LogP contribution in [0.2, 0.25) is 0 Å². The van der Waals surface area contributed by atoms with Crippen molar-refractivity contribution >= 4 is 5.95 Å². The highest BCUT2D eigenvalue weighted by Crippen LogP contribution is 2.17. The minimum Gasteiger partial charge on any atom is -0.383 e. The molecule has 19 heavy (non-hydrogen) atoms. The first kappa shape index (κ1) is 15.9. The molecule has 0 amide bonds. The van der Waals surface area contributed by atoms with Crippen molar-refractivity contribution in [1.82, 2.24) is 9.97 Å². The molecule has 0 aliphatic heterocycles. The van der Waals surface area contributed by atoms with Crippen molar-refractivity contribution < 1.29 is 4.74 Å². The molecule has 0 aliphatic rings. The molecule has 1 aromatic heterocycles. The zero-order chi connectivity index (χ0) is 14.3. The first-order valence-corrected chi connectivity index (χ1v) is 6.88. The van der Waals surface area contributed by atoms with Gasteiger partial charge in [-0.05, 0) is 31.9 Å². The maximum atomic E-state index is 5.59. The van der Waals surface area contributed by atoms with Crippen LogP contribution in [0, 0.1) is 6.92 Å². The van der Waals surface area contributed by atoms with Crippen LogP contribution in [0.1, 0.15) is 37.6 Å². The van der Waals surface area contributed by atoms with E-state index in [4.69, 9.17) is 10.5 Å². The van der Waals surface area contributed by atoms with Gasteiger partial charge in [-0.25, -0.2) is 9.97 Å². The van der Waals surface area contributed by atoms with Gasteiger partial charge in [-0.2, -0.15) is 0 Å². The predicted octanol–water partition coefficient (Wildman–Crippen LogP) is 1.71. The van der Waals surface area contributed by atoms with E-state index in [1.807, 2.05) is 13.0 Å². The summed E-state index contributed by atoms with van der Waals surface area (Å²) < 4.78 is 5.15. The SMILES string of the molecule is COCCN(CCCN)c1nc(C)cc(C(C)C)n1. The van der Waals surface area contributed by atoms with Gasteiger partial charge in [-0.3, -0.25) is 0 Å². The number of rotatable bonds is 8. The lowest BCUT2D eigenvalue weighted by Crippen LogP contribution is -2.31. The van der Waals surface area contributed by atoms with Crippen LogP contribution in [0.5, 0.6) is 0 Å². The summed E-state index contributed by atoms with van der Waals surface area (Å²) in [4.78, 5) is 11.3. The van der Waals surface area contributed by atoms with E-state index >= 15 is 0 Å². The summed E-state index contributed by atoms with van der Waals surface area (Å²) in [5.41, 5.74) is 7.68. The topological polar surface area (TPSA) is 64.3 Å². The number of nitrogens with zero attached hydrogens (tertiary/aromatic N) is 3. The van der Waals surface area contributed by atoms with E-state index < -0.39 is 0 Å². The zero-order valence-corrected chi connectivity index (χ0v) is 12.5. The Bertz CT molecular complexity index is 374. The normalized spacial score (nSPS) is 11.1. The molecular formula is C14H26N4O. The lowest BCUT2D eigenvalue weighted by Gasteiger charge is -2.23. The van der Waals surface area contributed by atoms with Crippen LogP contribution >= 0.6 is 0 Å². The summed E-state index contributed by atoms with van der Waals surface area (Å²) in [6.45, 7) is 9.29. The number of aromatic nitrogens is 2. The molecule has 5 nitrogen and oxygen atoms in total. The van der Waals surface area contributed by atoms with Crippen LogP contribution < -0.4 is 10.6 Å². The summed E-state index contributed by atoms with van der Waals surface area (Å²) in [5, 5.41) is 0. The highest BCUT2D eigenvalue weighted by Gasteiger charge is 2.12. The van der Waals surface area contributed by atoms with E-state index in [9.17, 15) is 0 Å². The van der Waals surface area contributed by atoms with Gasteiger partial charge < -0.3 is 15.4 Å². The Morgan fingerprint density at radius 3 is 2.63 bits per heavy atom. The zero-order valence-electron chi connectivity index (χ0n) is 12.5. The molecule has 0 saturated heterocycles. The molecule has 0 radical (unpaired) electrons. The van der Waals surface area contributed by atoms with Crippen molar-refractivity contribution in [2.75, 3.05) is 38.3 Å². The number of ether oxygens (including phenoxy) is 1. The van der Waals surface area contributed by atoms with Gasteiger partial charge in [0.25, 0.3) is 0 Å². The smallest absolute Gasteiger partial charge is 0.225 e. The van der Waals surface area contributed by atoms with Crippen molar-refractivity contribution in [2.45, 2.75) is 33.1 Å². The van der Waals surface area contributed by atoms with Crippen molar-refractivity contribution in [3.05, 3.63) is 17.5 Å². The number of hydrogen-bond donors (Lipinski definition) is 1. The molecule has 1 aromatic rings. The monoisotopic (exact) mass is 266 g/mol. The molecule has 108 valence electrons. The second kappa shape index (κ2) is 8.07. The quantitative estimate of drug-likeness (QED) is 0.776. The maximum absolute atomic E-state index is 5.59. The van der Waals surface area contributed by atoms with Crippen molar-refractivity contribution in [3.8, 4) is 0 Å². The largest absolute Gasteiger partial charge is 0.383 e. The minimum absolute atomic E-state index is 0.402. The molecule has 0 atom stereocenters. The standard InChI is InChI=1S/C14H26N4O/c1-11(2)13-10-12(3)16-14(17-13)18(7-5-6-15)8-9-19-4/h10-11H,5-9,15H2,1-4H3. The van der Waals surface area contributed by atoms with Gasteiger partial charge in [-0.15, -0.1) is 0 Å². The molecule has 0 spiro atoms. The minimum atomic E-state index is 0.402. The van der Waals surface area contributed by atoms with Gasteiger partial charge in [0.15, 0.2) is 0 Å². The molecule has 0 unspecified atom stereocenters. The molecule has 0 aliphatic carbocycles. The Kier molecular flexibility index (Phi) is 6.73. The van der Waals surface area contributed by atoms with Crippen LogP contribution in [0.3, 0.4) is 0 Å². The first-order chi connectivity index (χ1) is 9.08. The summed E-state index contributed by atoms with van der Waals surface area (Å²) in [6.07, 6.45) is 0.929. The van der Waals surface area contributed by atoms with E-state index in [-0.39, 0.29) is 0 Å². The number of hydrogen-bond acceptors (Lipinski definition) is 5. The molecule has 0 aromatic carbocycles. The lowest BCUT2D eigenvalue weighted by molar-refractivity contribution is 0.205. The van der Waals surface area contributed by atoms with Crippen LogP contribution in [0.15, 0.2) is 6.07 Å². The Balaban J connectivity index is 2.92. The number of nitrogens with two attached hydrogens (primary N) is 1. The number of aryl methyl sites for hydroxylation is 1. The molecule has 2 N–H and O–H groups in total. The third-order valence-corrected chi connectivity index (χ3v) is 2.93. The Labute approximate surface area is 116 Å². The van der Waals surface area contributed by atoms with Gasteiger partial charge in [0.2, 0.25) is 5.95 Å². The van der Waals surface area contributed by atoms with E-state index in [0.717, 1.165) is 36.8 Å². The summed E-state index contributed by atoms with van der Waals surface area (Å²) in [7, 11) is 1.71. The van der Waals surface area contributed by atoms with Crippen molar-refractivity contribution in [1.29, 1.82) is 0 Å². The summed E-state index contributed by atoms with van der Waals surface area (Å²) >= 11 is 0. The second-order valence-electron chi connectivity index (χ2n) is 5.01. The molecule has 1 heterocycles. The fraction of sp³-hybridized carbons (Fsp3) is 0.714. The molecular weight excluding hydrogens is 240 g/mol. The van der Waals surface area contributed by atoms with E-state index in [2.05, 4.69) is 28.7 Å². The highest BCUT2D eigenvalue weighted by molar-refractivity contribution is 5.33. The van der Waals surface area contributed by atoms with Crippen molar-refractivity contribution in [3.63, 3.8) is 0 Å². The highest BCUT2D eigenvalue weighted by atomic mass is 16.5. The van der Waals surface area contributed by atoms with Gasteiger partial charge in [-0.1, -0.05) is 13.8 Å². The van der Waals surface area contributed by atoms with Crippen LogP contribution in [-0.2, 0) is 4.74 Å². The fourth-order valence-corrected chi connectivity index (χ4v) is 1.81. The molecule has 0 bridgehead atoms. The van der Waals surface area contributed by atoms with Crippen molar-refractivity contribution in [2.24, 2.45) is 5.73 Å². The van der Waals surface area contributed by atoms with Crippen LogP contribution in [0.4, 0.5) is 5.95 Å². The fourth-order valence-electron chi connectivity index (χ4n) is 1.81. The third-order valence-electron chi connectivity index (χ3n) is 2.93. The molecule has 0 fully saturated rings. The number of anilines is 1. The second-order valence-corrected chi connectivity index (χ2v) is 5.01. The average Bonchev–Trinajstić information content (AvgIpc) is 2.38. The van der Waals surface area contributed by atoms with Gasteiger partial charge in [0, 0.05) is 31.6 Å². The number of methoxy groups -OCH3 is 1. The maximum Gasteiger partial charge on any atom is 0.225 e. The molecule has 5 heteroatoms. The van der Waals surface area contributed by atoms with Gasteiger partial charge in [0.05, 0.1) is 6.61 Å².